The smallest absolute Gasteiger partial charge is 0.456 e. The van der Waals surface area contributed by atoms with Crippen LogP contribution in [0.1, 0.15) is 33.1 Å². The van der Waals surface area contributed by atoms with Gasteiger partial charge in [-0.3, -0.25) is 4.79 Å². The Hall–Kier alpha value is -1.88. The zero-order valence-corrected chi connectivity index (χ0v) is 15.4. The molecular weight excluding hydrogens is 341 g/mol. The van der Waals surface area contributed by atoms with Crippen LogP contribution in [0.3, 0.4) is 0 Å². The molecule has 0 amide bonds. The normalized spacial score (nSPS) is 14.7. The summed E-state index contributed by atoms with van der Waals surface area (Å²) >= 11 is 0. The highest BCUT2D eigenvalue weighted by Gasteiger charge is 2.28. The molecule has 2 aromatic carbocycles. The molecule has 25 heavy (non-hydrogen) atoms. The summed E-state index contributed by atoms with van der Waals surface area (Å²) in [6.45, 7) is 3.83. The monoisotopic (exact) mass is 365 g/mol. The quantitative estimate of drug-likeness (QED) is 0.396. The Bertz CT molecular complexity index is 759. The molecule has 0 radical (unpaired) electrons. The van der Waals surface area contributed by atoms with Gasteiger partial charge in [0.2, 0.25) is 0 Å². The third-order valence-corrected chi connectivity index (χ3v) is 4.83. The van der Waals surface area contributed by atoms with Crippen molar-refractivity contribution in [2.24, 2.45) is 0 Å². The number of benzene rings is 2. The van der Waals surface area contributed by atoms with Gasteiger partial charge in [-0.15, -0.1) is 0 Å². The van der Waals surface area contributed by atoms with E-state index in [-0.39, 0.29) is 5.75 Å². The first-order valence-electron chi connectivity index (χ1n) is 8.37. The lowest BCUT2D eigenvalue weighted by Crippen LogP contribution is -2.34. The molecule has 0 saturated heterocycles. The largest absolute Gasteiger partial charge is 0.465 e. The SMILES string of the molecule is CCCCCOC(=O)C(C)NP(=O)(O)Oc1cccc2ccccc12. The molecular formula is C18H24NO5P. The van der Waals surface area contributed by atoms with Crippen molar-refractivity contribution in [3.05, 3.63) is 42.5 Å². The second-order valence-corrected chi connectivity index (χ2v) is 7.30. The van der Waals surface area contributed by atoms with Gasteiger partial charge in [-0.1, -0.05) is 56.2 Å². The van der Waals surface area contributed by atoms with Gasteiger partial charge in [0.05, 0.1) is 6.61 Å². The molecule has 0 aliphatic heterocycles. The van der Waals surface area contributed by atoms with Crippen molar-refractivity contribution in [2.75, 3.05) is 6.61 Å². The summed E-state index contributed by atoms with van der Waals surface area (Å²) in [5.41, 5.74) is 0. The molecule has 0 aliphatic rings. The van der Waals surface area contributed by atoms with E-state index in [1.807, 2.05) is 24.3 Å². The van der Waals surface area contributed by atoms with Gasteiger partial charge in [-0.25, -0.2) is 4.57 Å². The van der Waals surface area contributed by atoms with Crippen molar-refractivity contribution in [1.82, 2.24) is 5.09 Å². The van der Waals surface area contributed by atoms with Crippen molar-refractivity contribution >= 4 is 24.5 Å². The maximum absolute atomic E-state index is 12.3. The highest BCUT2D eigenvalue weighted by Crippen LogP contribution is 2.41. The van der Waals surface area contributed by atoms with Crippen LogP contribution in [-0.4, -0.2) is 23.5 Å². The Morgan fingerprint density at radius 3 is 2.68 bits per heavy atom. The van der Waals surface area contributed by atoms with Crippen LogP contribution in [0.4, 0.5) is 0 Å². The Balaban J connectivity index is 1.98. The van der Waals surface area contributed by atoms with E-state index < -0.39 is 19.8 Å². The lowest BCUT2D eigenvalue weighted by Gasteiger charge is -2.19. The first kappa shape index (κ1) is 19.4. The number of hydrogen-bond donors (Lipinski definition) is 2. The molecule has 2 rings (SSSR count). The van der Waals surface area contributed by atoms with Crippen molar-refractivity contribution < 1.29 is 23.5 Å². The van der Waals surface area contributed by atoms with Crippen LogP contribution in [-0.2, 0) is 14.1 Å². The summed E-state index contributed by atoms with van der Waals surface area (Å²) in [4.78, 5) is 21.9. The molecule has 0 aromatic heterocycles. The summed E-state index contributed by atoms with van der Waals surface area (Å²) in [5, 5.41) is 3.93. The summed E-state index contributed by atoms with van der Waals surface area (Å²) < 4.78 is 22.7. The zero-order chi connectivity index (χ0) is 18.3. The van der Waals surface area contributed by atoms with Gasteiger partial charge in [-0.2, -0.15) is 5.09 Å². The molecule has 0 fully saturated rings. The third kappa shape index (κ3) is 5.85. The summed E-state index contributed by atoms with van der Waals surface area (Å²) in [7, 11) is -4.22. The molecule has 2 N–H and O–H groups in total. The van der Waals surface area contributed by atoms with E-state index in [1.54, 1.807) is 18.2 Å². The number of ether oxygens (including phenoxy) is 1. The fraction of sp³-hybridized carbons (Fsp3) is 0.389. The molecule has 0 saturated carbocycles. The van der Waals surface area contributed by atoms with E-state index in [0.29, 0.717) is 6.61 Å². The predicted octanol–water partition coefficient (Wildman–Crippen LogP) is 4.03. The van der Waals surface area contributed by atoms with E-state index in [1.165, 1.54) is 6.92 Å². The maximum atomic E-state index is 12.3. The number of carbonyl (C=O) groups is 1. The molecule has 2 unspecified atom stereocenters. The third-order valence-electron chi connectivity index (χ3n) is 3.67. The van der Waals surface area contributed by atoms with Crippen LogP contribution in [0.15, 0.2) is 42.5 Å². The van der Waals surface area contributed by atoms with Crippen LogP contribution in [0.2, 0.25) is 0 Å². The molecule has 6 nitrogen and oxygen atoms in total. The number of esters is 1. The van der Waals surface area contributed by atoms with Crippen LogP contribution in [0.5, 0.6) is 5.75 Å². The molecule has 136 valence electrons. The number of hydrogen-bond acceptors (Lipinski definition) is 4. The van der Waals surface area contributed by atoms with Gasteiger partial charge in [0.15, 0.2) is 0 Å². The van der Waals surface area contributed by atoms with Crippen LogP contribution in [0, 0.1) is 0 Å². The average Bonchev–Trinajstić information content (AvgIpc) is 2.58. The Kier molecular flexibility index (Phi) is 7.00. The summed E-state index contributed by atoms with van der Waals surface area (Å²) in [5.74, 6) is -0.299. The van der Waals surface area contributed by atoms with E-state index in [0.717, 1.165) is 30.0 Å². The van der Waals surface area contributed by atoms with Crippen LogP contribution in [0.25, 0.3) is 10.8 Å². The minimum atomic E-state index is -4.22. The number of unbranched alkanes of at least 4 members (excludes halogenated alkanes) is 2. The zero-order valence-electron chi connectivity index (χ0n) is 14.5. The standard InChI is InChI=1S/C18H24NO5P/c1-3-4-7-13-23-18(20)14(2)19-25(21,22)24-17-12-8-10-15-9-5-6-11-16(15)17/h5-6,8-12,14H,3-4,7,13H2,1-2H3,(H2,19,21,22). The molecule has 0 aliphatic carbocycles. The molecule has 2 aromatic rings. The van der Waals surface area contributed by atoms with E-state index in [9.17, 15) is 14.3 Å². The van der Waals surface area contributed by atoms with Gasteiger partial charge < -0.3 is 14.2 Å². The lowest BCUT2D eigenvalue weighted by molar-refractivity contribution is -0.145. The highest BCUT2D eigenvalue weighted by molar-refractivity contribution is 7.51. The van der Waals surface area contributed by atoms with E-state index >= 15 is 0 Å². The first-order chi connectivity index (χ1) is 11.9. The Labute approximate surface area is 147 Å². The molecule has 0 heterocycles. The van der Waals surface area contributed by atoms with Crippen LogP contribution < -0.4 is 9.61 Å². The second-order valence-electron chi connectivity index (χ2n) is 5.81. The highest BCUT2D eigenvalue weighted by atomic mass is 31.2. The molecule has 0 bridgehead atoms. The van der Waals surface area contributed by atoms with Crippen molar-refractivity contribution in [2.45, 2.75) is 39.2 Å². The Morgan fingerprint density at radius 2 is 1.92 bits per heavy atom. The lowest BCUT2D eigenvalue weighted by atomic mass is 10.1. The molecule has 0 spiro atoms. The summed E-state index contributed by atoms with van der Waals surface area (Å²) in [6.07, 6.45) is 2.77. The van der Waals surface area contributed by atoms with Gasteiger partial charge >= 0.3 is 13.7 Å². The van der Waals surface area contributed by atoms with E-state index in [2.05, 4.69) is 12.0 Å². The minimum absolute atomic E-state index is 0.278. The van der Waals surface area contributed by atoms with Gasteiger partial charge in [-0.05, 0) is 24.8 Å². The van der Waals surface area contributed by atoms with Crippen molar-refractivity contribution in [3.63, 3.8) is 0 Å². The topological polar surface area (TPSA) is 84.9 Å². The number of rotatable bonds is 9. The predicted molar refractivity (Wildman–Crippen MR) is 97.5 cm³/mol. The fourth-order valence-corrected chi connectivity index (χ4v) is 3.46. The van der Waals surface area contributed by atoms with Crippen LogP contribution >= 0.6 is 7.75 Å². The maximum Gasteiger partial charge on any atom is 0.456 e. The first-order valence-corrected chi connectivity index (χ1v) is 9.95. The number of nitrogens with one attached hydrogen (secondary N) is 1. The number of carbonyl (C=O) groups excluding carboxylic acids is 1. The van der Waals surface area contributed by atoms with Gasteiger partial charge in [0.1, 0.15) is 11.8 Å². The average molecular weight is 365 g/mol. The van der Waals surface area contributed by atoms with Crippen molar-refractivity contribution in [1.29, 1.82) is 0 Å². The molecule has 7 heteroatoms. The Morgan fingerprint density at radius 1 is 1.20 bits per heavy atom. The molecule has 2 atom stereocenters. The van der Waals surface area contributed by atoms with Gasteiger partial charge in [0, 0.05) is 5.39 Å². The summed E-state index contributed by atoms with van der Waals surface area (Å²) in [6, 6.07) is 11.7. The number of fused-ring (bicyclic) bond motifs is 1. The van der Waals surface area contributed by atoms with Crippen molar-refractivity contribution in [3.8, 4) is 5.75 Å². The minimum Gasteiger partial charge on any atom is -0.465 e. The second kappa shape index (κ2) is 8.99. The van der Waals surface area contributed by atoms with Gasteiger partial charge in [0.25, 0.3) is 0 Å². The fourth-order valence-electron chi connectivity index (χ4n) is 2.38. The van der Waals surface area contributed by atoms with E-state index in [4.69, 9.17) is 9.26 Å².